The van der Waals surface area contributed by atoms with Gasteiger partial charge in [0.25, 0.3) is 0 Å². The first kappa shape index (κ1) is 23.4. The van der Waals surface area contributed by atoms with Gasteiger partial charge in [-0.3, -0.25) is 0 Å². The summed E-state index contributed by atoms with van der Waals surface area (Å²) in [6.07, 6.45) is 0. The molecule has 29 heavy (non-hydrogen) atoms. The molecule has 0 aliphatic carbocycles. The van der Waals surface area contributed by atoms with E-state index in [2.05, 4.69) is 25.3 Å². The van der Waals surface area contributed by atoms with Gasteiger partial charge < -0.3 is 24.8 Å². The highest BCUT2D eigenvalue weighted by molar-refractivity contribution is 14.0. The average molecular weight is 540 g/mol. The van der Waals surface area contributed by atoms with E-state index in [1.165, 1.54) is 10.9 Å². The average Bonchev–Trinajstić information content (AvgIpc) is 3.22. The highest BCUT2D eigenvalue weighted by Crippen LogP contribution is 2.39. The summed E-state index contributed by atoms with van der Waals surface area (Å²) in [7, 11) is 0. The minimum absolute atomic E-state index is 0. The number of aromatic nitrogens is 1. The van der Waals surface area contributed by atoms with E-state index in [1.807, 2.05) is 20.8 Å². The molecule has 0 amide bonds. The maximum Gasteiger partial charge on any atom is 0.387 e. The summed E-state index contributed by atoms with van der Waals surface area (Å²) in [4.78, 5) is 10.1. The fraction of sp³-hybridized carbons (Fsp3) is 0.444. The normalized spacial score (nSPS) is 12.7. The summed E-state index contributed by atoms with van der Waals surface area (Å²) < 4.78 is 40.7. The number of alkyl halides is 2. The Hall–Kier alpha value is -1.89. The second kappa shape index (κ2) is 10.8. The molecule has 11 heteroatoms. The van der Waals surface area contributed by atoms with Gasteiger partial charge in [0, 0.05) is 23.1 Å². The van der Waals surface area contributed by atoms with Crippen molar-refractivity contribution in [1.82, 2.24) is 15.6 Å². The number of thiazole rings is 1. The molecule has 0 atom stereocenters. The zero-order valence-electron chi connectivity index (χ0n) is 16.3. The maximum absolute atomic E-state index is 12.8. The van der Waals surface area contributed by atoms with Crippen molar-refractivity contribution >= 4 is 41.3 Å². The maximum atomic E-state index is 12.8. The highest BCUT2D eigenvalue weighted by atomic mass is 127. The molecule has 2 aromatic rings. The SMILES string of the molecule is CCNC(=NCc1cc2c(cc1OC(F)F)OCO2)NCc1nc(C)c(C)s1.I. The summed E-state index contributed by atoms with van der Waals surface area (Å²) in [5, 5.41) is 7.28. The number of rotatable bonds is 7. The van der Waals surface area contributed by atoms with Crippen molar-refractivity contribution in [3.8, 4) is 17.2 Å². The van der Waals surface area contributed by atoms with Gasteiger partial charge in [-0.2, -0.15) is 8.78 Å². The number of fused-ring (bicyclic) bond motifs is 1. The molecule has 0 saturated heterocycles. The Morgan fingerprint density at radius 1 is 1.28 bits per heavy atom. The summed E-state index contributed by atoms with van der Waals surface area (Å²) in [5.74, 6) is 1.43. The van der Waals surface area contributed by atoms with Crippen LogP contribution in [0.2, 0.25) is 0 Å². The third kappa shape index (κ3) is 6.29. The van der Waals surface area contributed by atoms with E-state index in [0.717, 1.165) is 10.7 Å². The molecule has 3 rings (SSSR count). The Morgan fingerprint density at radius 3 is 2.62 bits per heavy atom. The van der Waals surface area contributed by atoms with Crippen LogP contribution < -0.4 is 24.8 Å². The molecular formula is C18H23F2IN4O3S. The van der Waals surface area contributed by atoms with Crippen molar-refractivity contribution in [2.75, 3.05) is 13.3 Å². The monoisotopic (exact) mass is 540 g/mol. The number of nitrogens with one attached hydrogen (secondary N) is 2. The smallest absolute Gasteiger partial charge is 0.387 e. The molecule has 2 heterocycles. The quantitative estimate of drug-likeness (QED) is 0.315. The van der Waals surface area contributed by atoms with E-state index in [9.17, 15) is 8.78 Å². The second-order valence-electron chi connectivity index (χ2n) is 5.99. The lowest BCUT2D eigenvalue weighted by Gasteiger charge is -2.13. The summed E-state index contributed by atoms with van der Waals surface area (Å²) >= 11 is 1.62. The molecule has 2 N–H and O–H groups in total. The molecule has 0 bridgehead atoms. The lowest BCUT2D eigenvalue weighted by Crippen LogP contribution is -2.36. The van der Waals surface area contributed by atoms with Gasteiger partial charge >= 0.3 is 6.61 Å². The molecule has 0 unspecified atom stereocenters. The van der Waals surface area contributed by atoms with Crippen LogP contribution in [0.15, 0.2) is 17.1 Å². The van der Waals surface area contributed by atoms with Crippen LogP contribution in [0, 0.1) is 13.8 Å². The third-order valence-electron chi connectivity index (χ3n) is 4.00. The van der Waals surface area contributed by atoms with Crippen LogP contribution in [-0.2, 0) is 13.1 Å². The Kier molecular flexibility index (Phi) is 8.68. The van der Waals surface area contributed by atoms with Crippen molar-refractivity contribution < 1.29 is 23.0 Å². The van der Waals surface area contributed by atoms with E-state index in [-0.39, 0.29) is 43.1 Å². The number of nitrogens with zero attached hydrogens (tertiary/aromatic N) is 2. The number of guanidine groups is 1. The second-order valence-corrected chi connectivity index (χ2v) is 7.28. The van der Waals surface area contributed by atoms with Crippen molar-refractivity contribution in [2.45, 2.75) is 40.5 Å². The third-order valence-corrected chi connectivity index (χ3v) is 5.08. The van der Waals surface area contributed by atoms with E-state index in [4.69, 9.17) is 9.47 Å². The molecule has 1 aliphatic heterocycles. The van der Waals surface area contributed by atoms with Crippen LogP contribution >= 0.6 is 35.3 Å². The van der Waals surface area contributed by atoms with Crippen LogP contribution in [0.25, 0.3) is 0 Å². The van der Waals surface area contributed by atoms with Crippen molar-refractivity contribution in [3.63, 3.8) is 0 Å². The molecule has 1 aliphatic rings. The Bertz CT molecular complexity index is 844. The lowest BCUT2D eigenvalue weighted by molar-refractivity contribution is -0.0505. The molecule has 0 radical (unpaired) electrons. The molecule has 1 aromatic heterocycles. The van der Waals surface area contributed by atoms with E-state index in [1.54, 1.807) is 17.4 Å². The van der Waals surface area contributed by atoms with Crippen molar-refractivity contribution in [2.24, 2.45) is 4.99 Å². The zero-order valence-corrected chi connectivity index (χ0v) is 19.4. The first-order chi connectivity index (χ1) is 13.5. The van der Waals surface area contributed by atoms with E-state index in [0.29, 0.717) is 36.1 Å². The Labute approximate surface area is 188 Å². The fourth-order valence-electron chi connectivity index (χ4n) is 2.57. The number of ether oxygens (including phenoxy) is 3. The number of halogens is 3. The standard InChI is InChI=1S/C18H22F2N4O3S.HI/c1-4-21-18(23-8-16-24-10(2)11(3)28-16)22-7-12-5-14-15(26-9-25-14)6-13(12)27-17(19)20;/h5-6,17H,4,7-9H2,1-3H3,(H2,21,22,23);1H. The van der Waals surface area contributed by atoms with Gasteiger partial charge in [0.05, 0.1) is 18.8 Å². The van der Waals surface area contributed by atoms with Gasteiger partial charge in [-0.05, 0) is 26.8 Å². The topological polar surface area (TPSA) is 77.0 Å². The van der Waals surface area contributed by atoms with Gasteiger partial charge in [0.2, 0.25) is 6.79 Å². The Balaban J connectivity index is 0.00000300. The van der Waals surface area contributed by atoms with Gasteiger partial charge in [-0.1, -0.05) is 0 Å². The largest absolute Gasteiger partial charge is 0.454 e. The van der Waals surface area contributed by atoms with Crippen molar-refractivity contribution in [3.05, 3.63) is 33.3 Å². The Morgan fingerprint density at radius 2 is 2.00 bits per heavy atom. The number of aryl methyl sites for hydroxylation is 2. The molecule has 160 valence electrons. The molecule has 7 nitrogen and oxygen atoms in total. The van der Waals surface area contributed by atoms with Crippen LogP contribution in [0.4, 0.5) is 8.78 Å². The summed E-state index contributed by atoms with van der Waals surface area (Å²) in [5.41, 5.74) is 1.49. The predicted octanol–water partition coefficient (Wildman–Crippen LogP) is 3.96. The minimum Gasteiger partial charge on any atom is -0.454 e. The van der Waals surface area contributed by atoms with Crippen LogP contribution in [0.5, 0.6) is 17.2 Å². The predicted molar refractivity (Wildman–Crippen MR) is 118 cm³/mol. The van der Waals surface area contributed by atoms with Gasteiger partial charge in [-0.15, -0.1) is 35.3 Å². The number of hydrogen-bond acceptors (Lipinski definition) is 6. The first-order valence-corrected chi connectivity index (χ1v) is 9.60. The number of hydrogen-bond donors (Lipinski definition) is 2. The van der Waals surface area contributed by atoms with Gasteiger partial charge in [0.1, 0.15) is 10.8 Å². The molecule has 0 saturated carbocycles. The molecule has 0 spiro atoms. The lowest BCUT2D eigenvalue weighted by atomic mass is 10.1. The van der Waals surface area contributed by atoms with Crippen LogP contribution in [0.3, 0.4) is 0 Å². The molecule has 1 aromatic carbocycles. The van der Waals surface area contributed by atoms with Crippen molar-refractivity contribution in [1.29, 1.82) is 0 Å². The van der Waals surface area contributed by atoms with Gasteiger partial charge in [0.15, 0.2) is 17.5 Å². The summed E-state index contributed by atoms with van der Waals surface area (Å²) in [6.45, 7) is 4.36. The van der Waals surface area contributed by atoms with E-state index < -0.39 is 6.61 Å². The highest BCUT2D eigenvalue weighted by Gasteiger charge is 2.20. The molecule has 0 fully saturated rings. The fourth-order valence-corrected chi connectivity index (χ4v) is 3.45. The van der Waals surface area contributed by atoms with Crippen LogP contribution in [0.1, 0.15) is 28.1 Å². The minimum atomic E-state index is -2.94. The number of benzene rings is 1. The zero-order chi connectivity index (χ0) is 20.1. The van der Waals surface area contributed by atoms with Gasteiger partial charge in [-0.25, -0.2) is 9.98 Å². The molecular weight excluding hydrogens is 517 g/mol. The number of aliphatic imine (C=N–C) groups is 1. The first-order valence-electron chi connectivity index (χ1n) is 8.78. The summed E-state index contributed by atoms with van der Waals surface area (Å²) in [6, 6.07) is 3.02. The van der Waals surface area contributed by atoms with E-state index >= 15 is 0 Å². The van der Waals surface area contributed by atoms with Crippen LogP contribution in [-0.4, -0.2) is 30.9 Å².